The van der Waals surface area contributed by atoms with Gasteiger partial charge in [-0.05, 0) is 64.2 Å². The average Bonchev–Trinajstić information content (AvgIpc) is 3.13. The standard InChI is InChI=1S/C42H78NO9P/c1-3-5-7-9-11-13-15-17-19-20-21-23-25-27-29-31-33-35-49-36-39(37-50-53(47,48)51-38-40(43)42(45)46)52-41(44)34-32-30-28-26-24-22-18-16-14-12-10-8-6-4-2/h10,12,16,18-20,39-40H,3-9,11,13-15,17,21-38,43H2,1-2H3,(H,45,46)(H,47,48)/b12-10-,18-16-,20-19-. The summed E-state index contributed by atoms with van der Waals surface area (Å²) in [6, 6.07) is -1.48. The zero-order valence-electron chi connectivity index (χ0n) is 33.6. The second-order valence-electron chi connectivity index (χ2n) is 14.1. The number of phosphoric ester groups is 1. The Morgan fingerprint density at radius 2 is 1.06 bits per heavy atom. The summed E-state index contributed by atoms with van der Waals surface area (Å²) in [6.45, 7) is 3.80. The maximum atomic E-state index is 12.6. The fraction of sp³-hybridized carbons (Fsp3) is 0.810. The van der Waals surface area contributed by atoms with E-state index in [0.29, 0.717) is 13.0 Å². The molecule has 0 radical (unpaired) electrons. The predicted molar refractivity (Wildman–Crippen MR) is 217 cm³/mol. The van der Waals surface area contributed by atoms with Crippen LogP contribution in [0.4, 0.5) is 0 Å². The molecule has 10 nitrogen and oxygen atoms in total. The molecular weight excluding hydrogens is 693 g/mol. The van der Waals surface area contributed by atoms with Crippen LogP contribution in [0.1, 0.15) is 181 Å². The minimum atomic E-state index is -4.62. The normalized spacial score (nSPS) is 14.3. The third-order valence-electron chi connectivity index (χ3n) is 8.89. The van der Waals surface area contributed by atoms with Crippen LogP contribution in [0.3, 0.4) is 0 Å². The molecule has 0 aliphatic carbocycles. The van der Waals surface area contributed by atoms with E-state index in [1.807, 2.05) is 0 Å². The number of carboxylic acids is 1. The zero-order chi connectivity index (χ0) is 39.1. The van der Waals surface area contributed by atoms with Crippen LogP contribution in [0.15, 0.2) is 36.5 Å². The summed E-state index contributed by atoms with van der Waals surface area (Å²) in [7, 11) is -4.62. The zero-order valence-corrected chi connectivity index (χ0v) is 34.5. The molecule has 0 aromatic rings. The molecule has 0 bridgehead atoms. The van der Waals surface area contributed by atoms with Gasteiger partial charge >= 0.3 is 19.8 Å². The SMILES string of the molecule is CCCC/C=C\C/C=C\CCCCCCCC(=O)OC(COCCCCCCCC/C=C\CCCCCCCCC)COP(=O)(O)OCC(N)C(=O)O. The van der Waals surface area contributed by atoms with Crippen LogP contribution in [0.25, 0.3) is 0 Å². The number of hydrogen-bond donors (Lipinski definition) is 3. The van der Waals surface area contributed by atoms with Gasteiger partial charge in [0.05, 0.1) is 19.8 Å². The molecule has 0 fully saturated rings. The molecular formula is C42H78NO9P. The Balaban J connectivity index is 4.28. The summed E-state index contributed by atoms with van der Waals surface area (Å²) in [5.41, 5.74) is 5.35. The van der Waals surface area contributed by atoms with Gasteiger partial charge in [0.2, 0.25) is 0 Å². The van der Waals surface area contributed by atoms with Crippen molar-refractivity contribution in [3.8, 4) is 0 Å². The van der Waals surface area contributed by atoms with Gasteiger partial charge in [-0.25, -0.2) is 4.57 Å². The Labute approximate surface area is 323 Å². The lowest BCUT2D eigenvalue weighted by molar-refractivity contribution is -0.154. The first-order valence-electron chi connectivity index (χ1n) is 21.0. The summed E-state index contributed by atoms with van der Waals surface area (Å²) < 4.78 is 33.3. The minimum absolute atomic E-state index is 0.00756. The predicted octanol–water partition coefficient (Wildman–Crippen LogP) is 11.3. The fourth-order valence-electron chi connectivity index (χ4n) is 5.56. The van der Waals surface area contributed by atoms with Gasteiger partial charge in [0.15, 0.2) is 0 Å². The largest absolute Gasteiger partial charge is 0.480 e. The number of aliphatic carboxylic acids is 1. The Morgan fingerprint density at radius 1 is 0.604 bits per heavy atom. The van der Waals surface area contributed by atoms with Crippen molar-refractivity contribution in [2.75, 3.05) is 26.4 Å². The lowest BCUT2D eigenvalue weighted by atomic mass is 10.1. The van der Waals surface area contributed by atoms with Crippen LogP contribution in [0.5, 0.6) is 0 Å². The van der Waals surface area contributed by atoms with Gasteiger partial charge < -0.3 is 25.2 Å². The highest BCUT2D eigenvalue weighted by atomic mass is 31.2. The van der Waals surface area contributed by atoms with Gasteiger partial charge in [-0.2, -0.15) is 0 Å². The molecule has 0 aliphatic rings. The quantitative estimate of drug-likeness (QED) is 0.0237. The molecule has 0 rings (SSSR count). The average molecular weight is 772 g/mol. The van der Waals surface area contributed by atoms with E-state index in [2.05, 4.69) is 50.3 Å². The van der Waals surface area contributed by atoms with Gasteiger partial charge in [0.1, 0.15) is 12.1 Å². The van der Waals surface area contributed by atoms with Crippen molar-refractivity contribution in [3.05, 3.63) is 36.5 Å². The van der Waals surface area contributed by atoms with Crippen molar-refractivity contribution in [2.45, 2.75) is 193 Å². The number of carboxylic acid groups (broad SMARTS) is 1. The Hall–Kier alpha value is -1.81. The first-order valence-corrected chi connectivity index (χ1v) is 22.5. The van der Waals surface area contributed by atoms with Crippen LogP contribution >= 0.6 is 7.82 Å². The van der Waals surface area contributed by atoms with E-state index in [0.717, 1.165) is 70.6 Å². The van der Waals surface area contributed by atoms with Crippen molar-refractivity contribution in [1.82, 2.24) is 0 Å². The van der Waals surface area contributed by atoms with Crippen LogP contribution in [-0.2, 0) is 32.7 Å². The van der Waals surface area contributed by atoms with Crippen molar-refractivity contribution in [3.63, 3.8) is 0 Å². The van der Waals surface area contributed by atoms with Crippen molar-refractivity contribution >= 4 is 19.8 Å². The van der Waals surface area contributed by atoms with Crippen LogP contribution < -0.4 is 5.73 Å². The lowest BCUT2D eigenvalue weighted by Gasteiger charge is -2.20. The van der Waals surface area contributed by atoms with Crippen molar-refractivity contribution < 1.29 is 42.7 Å². The Morgan fingerprint density at radius 3 is 1.60 bits per heavy atom. The second kappa shape index (κ2) is 38.5. The van der Waals surface area contributed by atoms with E-state index in [9.17, 15) is 19.0 Å². The number of ether oxygens (including phenoxy) is 2. The molecule has 0 spiro atoms. The van der Waals surface area contributed by atoms with Crippen LogP contribution in [0.2, 0.25) is 0 Å². The van der Waals surface area contributed by atoms with E-state index >= 15 is 0 Å². The monoisotopic (exact) mass is 772 g/mol. The Kier molecular flexibility index (Phi) is 37.2. The van der Waals surface area contributed by atoms with Crippen molar-refractivity contribution in [2.24, 2.45) is 5.73 Å². The molecule has 0 heterocycles. The van der Waals surface area contributed by atoms with Crippen LogP contribution in [-0.4, -0.2) is 60.5 Å². The summed E-state index contributed by atoms with van der Waals surface area (Å²) in [5.74, 6) is -1.80. The molecule has 0 aliphatic heterocycles. The lowest BCUT2D eigenvalue weighted by Crippen LogP contribution is -2.34. The molecule has 310 valence electrons. The number of carbonyl (C=O) groups is 2. The van der Waals surface area contributed by atoms with E-state index in [1.54, 1.807) is 0 Å². The molecule has 3 unspecified atom stereocenters. The maximum absolute atomic E-state index is 12.6. The molecule has 0 aromatic heterocycles. The molecule has 0 saturated carbocycles. The summed E-state index contributed by atoms with van der Waals surface area (Å²) in [5, 5.41) is 8.88. The molecule has 11 heteroatoms. The fourth-order valence-corrected chi connectivity index (χ4v) is 6.33. The van der Waals surface area contributed by atoms with Gasteiger partial charge in [-0.15, -0.1) is 0 Å². The summed E-state index contributed by atoms with van der Waals surface area (Å²) >= 11 is 0. The summed E-state index contributed by atoms with van der Waals surface area (Å²) in [6.07, 6.45) is 41.9. The van der Waals surface area contributed by atoms with E-state index in [-0.39, 0.29) is 13.0 Å². The minimum Gasteiger partial charge on any atom is -0.480 e. The molecule has 3 atom stereocenters. The van der Waals surface area contributed by atoms with Gasteiger partial charge in [0, 0.05) is 13.0 Å². The topological polar surface area (TPSA) is 155 Å². The third kappa shape index (κ3) is 38.3. The first kappa shape index (κ1) is 51.2. The summed E-state index contributed by atoms with van der Waals surface area (Å²) in [4.78, 5) is 33.5. The highest BCUT2D eigenvalue weighted by molar-refractivity contribution is 7.47. The molecule has 0 saturated heterocycles. The number of allylic oxidation sites excluding steroid dienone is 6. The number of rotatable bonds is 40. The highest BCUT2D eigenvalue weighted by Crippen LogP contribution is 2.43. The van der Waals surface area contributed by atoms with E-state index in [1.165, 1.54) is 83.5 Å². The molecule has 0 amide bonds. The van der Waals surface area contributed by atoms with Crippen molar-refractivity contribution in [1.29, 1.82) is 0 Å². The third-order valence-corrected chi connectivity index (χ3v) is 9.84. The van der Waals surface area contributed by atoms with E-state index in [4.69, 9.17) is 29.4 Å². The number of nitrogens with two attached hydrogens (primary N) is 1. The number of unbranched alkanes of at least 4 members (excludes halogenated alkanes) is 20. The second-order valence-corrected chi connectivity index (χ2v) is 15.6. The number of phosphoric acid groups is 1. The van der Waals surface area contributed by atoms with Gasteiger partial charge in [-0.1, -0.05) is 147 Å². The Bertz CT molecular complexity index is 988. The van der Waals surface area contributed by atoms with Crippen LogP contribution in [0, 0.1) is 0 Å². The number of esters is 1. The maximum Gasteiger partial charge on any atom is 0.472 e. The molecule has 0 aromatic carbocycles. The number of hydrogen-bond acceptors (Lipinski definition) is 8. The van der Waals surface area contributed by atoms with Gasteiger partial charge in [-0.3, -0.25) is 18.6 Å². The van der Waals surface area contributed by atoms with E-state index < -0.39 is 45.1 Å². The molecule has 53 heavy (non-hydrogen) atoms. The first-order chi connectivity index (χ1) is 25.7. The smallest absolute Gasteiger partial charge is 0.472 e. The molecule has 4 N–H and O–H groups in total. The highest BCUT2D eigenvalue weighted by Gasteiger charge is 2.27. The number of carbonyl (C=O) groups excluding carboxylic acids is 1. The van der Waals surface area contributed by atoms with Gasteiger partial charge in [0.25, 0.3) is 0 Å².